The minimum atomic E-state index is -1.05. The summed E-state index contributed by atoms with van der Waals surface area (Å²) in [6.07, 6.45) is 1.98. The van der Waals surface area contributed by atoms with Crippen molar-refractivity contribution < 1.29 is 24.0 Å². The van der Waals surface area contributed by atoms with Gasteiger partial charge in [-0.05, 0) is 49.9 Å². The van der Waals surface area contributed by atoms with Crippen molar-refractivity contribution in [1.29, 1.82) is 0 Å². The molecule has 7 nitrogen and oxygen atoms in total. The first kappa shape index (κ1) is 20.5. The molecule has 0 saturated heterocycles. The average molecular weight is 374 g/mol. The van der Waals surface area contributed by atoms with Crippen LogP contribution in [0.15, 0.2) is 22.7 Å². The number of carbonyl (C=O) groups is 2. The van der Waals surface area contributed by atoms with Gasteiger partial charge in [0.2, 0.25) is 0 Å². The number of carboxylic acids is 1. The molecule has 1 aromatic carbocycles. The minimum Gasteiger partial charge on any atom is -0.481 e. The van der Waals surface area contributed by atoms with Crippen molar-refractivity contribution in [2.75, 3.05) is 6.61 Å². The number of hydrogen-bond acceptors (Lipinski definition) is 5. The maximum Gasteiger partial charge on any atom is 0.341 e. The summed E-state index contributed by atoms with van der Waals surface area (Å²) in [6, 6.07) is 5.24. The van der Waals surface area contributed by atoms with E-state index in [0.717, 1.165) is 18.5 Å². The Morgan fingerprint density at radius 3 is 2.37 bits per heavy atom. The van der Waals surface area contributed by atoms with Crippen LogP contribution in [0, 0.1) is 13.8 Å². The summed E-state index contributed by atoms with van der Waals surface area (Å²) in [7, 11) is 0. The summed E-state index contributed by atoms with van der Waals surface area (Å²) >= 11 is 0. The Labute approximate surface area is 158 Å². The van der Waals surface area contributed by atoms with Gasteiger partial charge < -0.3 is 19.7 Å². The van der Waals surface area contributed by atoms with Crippen molar-refractivity contribution in [3.63, 3.8) is 0 Å². The highest BCUT2D eigenvalue weighted by Gasteiger charge is 2.15. The third-order valence-corrected chi connectivity index (χ3v) is 4.47. The SMILES string of the molecule is CCC(CC)c1cc(CNC(=O)c2cc(C)c(OCC(=O)O)c(C)c2)on1. The van der Waals surface area contributed by atoms with Crippen molar-refractivity contribution in [1.82, 2.24) is 10.5 Å². The van der Waals surface area contributed by atoms with Crippen LogP contribution in [-0.2, 0) is 11.3 Å². The summed E-state index contributed by atoms with van der Waals surface area (Å²) in [6.45, 7) is 7.61. The van der Waals surface area contributed by atoms with E-state index in [0.29, 0.717) is 34.1 Å². The van der Waals surface area contributed by atoms with Crippen molar-refractivity contribution in [3.8, 4) is 5.75 Å². The fraction of sp³-hybridized carbons (Fsp3) is 0.450. The molecule has 7 heteroatoms. The highest BCUT2D eigenvalue weighted by molar-refractivity contribution is 5.94. The van der Waals surface area contributed by atoms with Gasteiger partial charge in [0, 0.05) is 17.5 Å². The van der Waals surface area contributed by atoms with E-state index >= 15 is 0 Å². The maximum atomic E-state index is 12.4. The van der Waals surface area contributed by atoms with E-state index in [1.807, 2.05) is 6.07 Å². The molecule has 1 aromatic heterocycles. The number of carboxylic acid groups (broad SMARTS) is 1. The second kappa shape index (κ2) is 9.21. The second-order valence-electron chi connectivity index (χ2n) is 6.54. The zero-order valence-electron chi connectivity index (χ0n) is 16.2. The van der Waals surface area contributed by atoms with Crippen molar-refractivity contribution in [2.45, 2.75) is 53.0 Å². The molecule has 27 heavy (non-hydrogen) atoms. The second-order valence-corrected chi connectivity index (χ2v) is 6.54. The summed E-state index contributed by atoms with van der Waals surface area (Å²) in [4.78, 5) is 23.1. The van der Waals surface area contributed by atoms with E-state index in [1.54, 1.807) is 26.0 Å². The van der Waals surface area contributed by atoms with Crippen LogP contribution in [-0.4, -0.2) is 28.7 Å². The molecule has 0 radical (unpaired) electrons. The molecule has 0 saturated carbocycles. The smallest absolute Gasteiger partial charge is 0.341 e. The Morgan fingerprint density at radius 2 is 1.81 bits per heavy atom. The van der Waals surface area contributed by atoms with Gasteiger partial charge in [-0.25, -0.2) is 4.79 Å². The highest BCUT2D eigenvalue weighted by atomic mass is 16.5. The molecule has 1 amide bonds. The Morgan fingerprint density at radius 1 is 1.19 bits per heavy atom. The maximum absolute atomic E-state index is 12.4. The van der Waals surface area contributed by atoms with Gasteiger partial charge in [0.1, 0.15) is 5.75 Å². The number of benzene rings is 1. The van der Waals surface area contributed by atoms with Crippen LogP contribution in [0.2, 0.25) is 0 Å². The Hall–Kier alpha value is -2.83. The zero-order valence-corrected chi connectivity index (χ0v) is 16.2. The first-order valence-electron chi connectivity index (χ1n) is 9.05. The van der Waals surface area contributed by atoms with Gasteiger partial charge in [-0.3, -0.25) is 4.79 Å². The van der Waals surface area contributed by atoms with E-state index in [9.17, 15) is 9.59 Å². The predicted molar refractivity (Wildman–Crippen MR) is 100 cm³/mol. The molecule has 2 aromatic rings. The largest absolute Gasteiger partial charge is 0.481 e. The Balaban J connectivity index is 2.03. The lowest BCUT2D eigenvalue weighted by Crippen LogP contribution is -2.23. The number of aryl methyl sites for hydroxylation is 2. The van der Waals surface area contributed by atoms with Gasteiger partial charge >= 0.3 is 5.97 Å². The number of ether oxygens (including phenoxy) is 1. The standard InChI is InChI=1S/C20H26N2O5/c1-5-14(6-2)17-9-16(27-22-17)10-21-20(25)15-7-12(3)19(13(4)8-15)26-11-18(23)24/h7-9,14H,5-6,10-11H2,1-4H3,(H,21,25)(H,23,24). The monoisotopic (exact) mass is 374 g/mol. The van der Waals surface area contributed by atoms with Gasteiger partial charge in [0.25, 0.3) is 5.91 Å². The quantitative estimate of drug-likeness (QED) is 0.695. The molecule has 2 rings (SSSR count). The van der Waals surface area contributed by atoms with E-state index < -0.39 is 12.6 Å². The zero-order chi connectivity index (χ0) is 20.0. The van der Waals surface area contributed by atoms with Crippen LogP contribution in [0.25, 0.3) is 0 Å². The van der Waals surface area contributed by atoms with Gasteiger partial charge in [-0.15, -0.1) is 0 Å². The van der Waals surface area contributed by atoms with Crippen LogP contribution in [0.3, 0.4) is 0 Å². The van der Waals surface area contributed by atoms with Crippen molar-refractivity contribution >= 4 is 11.9 Å². The molecule has 0 unspecified atom stereocenters. The first-order chi connectivity index (χ1) is 12.8. The lowest BCUT2D eigenvalue weighted by atomic mass is 9.99. The number of rotatable bonds is 9. The average Bonchev–Trinajstić information content (AvgIpc) is 3.08. The normalized spacial score (nSPS) is 10.9. The van der Waals surface area contributed by atoms with Crippen LogP contribution in [0.4, 0.5) is 0 Å². The van der Waals surface area contributed by atoms with Crippen LogP contribution in [0.1, 0.15) is 65.5 Å². The van der Waals surface area contributed by atoms with E-state index in [2.05, 4.69) is 24.3 Å². The molecule has 0 spiro atoms. The lowest BCUT2D eigenvalue weighted by Gasteiger charge is -2.12. The first-order valence-corrected chi connectivity index (χ1v) is 9.05. The third kappa shape index (κ3) is 5.32. The molecule has 0 bridgehead atoms. The number of nitrogens with one attached hydrogen (secondary N) is 1. The van der Waals surface area contributed by atoms with Crippen molar-refractivity contribution in [2.24, 2.45) is 0 Å². The molecule has 0 atom stereocenters. The summed E-state index contributed by atoms with van der Waals surface area (Å²) in [5.41, 5.74) is 2.80. The summed E-state index contributed by atoms with van der Waals surface area (Å²) in [5.74, 6) is 0.169. The highest BCUT2D eigenvalue weighted by Crippen LogP contribution is 2.25. The summed E-state index contributed by atoms with van der Waals surface area (Å²) < 4.78 is 10.6. The predicted octanol–water partition coefficient (Wildman–Crippen LogP) is 3.59. The molecule has 146 valence electrons. The molecular formula is C20H26N2O5. The van der Waals surface area contributed by atoms with Gasteiger partial charge in [-0.2, -0.15) is 0 Å². The van der Waals surface area contributed by atoms with E-state index in [1.165, 1.54) is 0 Å². The van der Waals surface area contributed by atoms with E-state index in [4.69, 9.17) is 14.4 Å². The molecular weight excluding hydrogens is 348 g/mol. The van der Waals surface area contributed by atoms with E-state index in [-0.39, 0.29) is 12.5 Å². The Bertz CT molecular complexity index is 785. The number of hydrogen-bond donors (Lipinski definition) is 2. The Kier molecular flexibility index (Phi) is 6.98. The molecule has 0 fully saturated rings. The van der Waals surface area contributed by atoms with Crippen LogP contribution >= 0.6 is 0 Å². The number of nitrogens with zero attached hydrogens (tertiary/aromatic N) is 1. The number of amides is 1. The fourth-order valence-corrected chi connectivity index (χ4v) is 3.02. The van der Waals surface area contributed by atoms with Crippen LogP contribution in [0.5, 0.6) is 5.75 Å². The topological polar surface area (TPSA) is 102 Å². The minimum absolute atomic E-state index is 0.244. The lowest BCUT2D eigenvalue weighted by molar-refractivity contribution is -0.139. The van der Waals surface area contributed by atoms with Crippen molar-refractivity contribution in [3.05, 3.63) is 46.3 Å². The fourth-order valence-electron chi connectivity index (χ4n) is 3.02. The van der Waals surface area contributed by atoms with Gasteiger partial charge in [-0.1, -0.05) is 19.0 Å². The third-order valence-electron chi connectivity index (χ3n) is 4.47. The molecule has 0 aliphatic carbocycles. The van der Waals surface area contributed by atoms with Crippen LogP contribution < -0.4 is 10.1 Å². The molecule has 1 heterocycles. The molecule has 0 aliphatic heterocycles. The number of carbonyl (C=O) groups excluding carboxylic acids is 1. The van der Waals surface area contributed by atoms with Gasteiger partial charge in [0.05, 0.1) is 12.2 Å². The molecule has 0 aliphatic rings. The number of aliphatic carboxylic acids is 1. The number of aromatic nitrogens is 1. The molecule has 2 N–H and O–H groups in total. The summed E-state index contributed by atoms with van der Waals surface area (Å²) in [5, 5.41) is 15.7. The van der Waals surface area contributed by atoms with Gasteiger partial charge in [0.15, 0.2) is 12.4 Å².